The molecule has 0 N–H and O–H groups in total. The van der Waals surface area contributed by atoms with Crippen LogP contribution >= 0.6 is 0 Å². The molecule has 0 aromatic rings. The molecule has 0 aliphatic heterocycles. The second kappa shape index (κ2) is 50.2. The standard InChI is InChI=1S/C57H88O6/c1-4-7-10-13-16-19-22-25-26-27-28-29-30-33-35-38-41-44-47-50-56(59)62-53-54(63-57(60)51-48-45-42-39-36-32-24-21-18-15-12-9-6-3)52-61-55(58)49-46-43-40-37-34-31-23-20-17-14-11-8-5-2/h7,10,13,16,19,22,25-36,40,42-43,45,54H,4-6,8-9,11-12,14-15,17-18,20-21,23-24,37-39,41,44,46-53H2,1-3H3/b10-7-,16-13-,22-19-,26-25-,28-27+,30-29-,34-31-,35-33-,36-32-,43-40-,45-42-. The first-order chi connectivity index (χ1) is 31.0. The van der Waals surface area contributed by atoms with Crippen molar-refractivity contribution in [2.45, 2.75) is 194 Å². The van der Waals surface area contributed by atoms with E-state index in [1.807, 2.05) is 85.1 Å². The van der Waals surface area contributed by atoms with Crippen LogP contribution in [0.5, 0.6) is 0 Å². The molecule has 0 fully saturated rings. The molecule has 0 aromatic heterocycles. The van der Waals surface area contributed by atoms with E-state index in [9.17, 15) is 14.4 Å². The maximum Gasteiger partial charge on any atom is 0.306 e. The Balaban J connectivity index is 4.64. The third kappa shape index (κ3) is 48.4. The zero-order chi connectivity index (χ0) is 45.8. The summed E-state index contributed by atoms with van der Waals surface area (Å²) in [4.78, 5) is 37.8. The maximum absolute atomic E-state index is 12.7. The van der Waals surface area contributed by atoms with Crippen LogP contribution in [0.15, 0.2) is 134 Å². The van der Waals surface area contributed by atoms with Crippen molar-refractivity contribution >= 4 is 17.9 Å². The molecular weight excluding hydrogens is 781 g/mol. The van der Waals surface area contributed by atoms with Crippen molar-refractivity contribution in [2.75, 3.05) is 13.2 Å². The van der Waals surface area contributed by atoms with Crippen LogP contribution in [0.2, 0.25) is 0 Å². The highest BCUT2D eigenvalue weighted by Crippen LogP contribution is 2.10. The lowest BCUT2D eigenvalue weighted by Gasteiger charge is -2.18. The first-order valence-corrected chi connectivity index (χ1v) is 24.8. The number of hydrogen-bond acceptors (Lipinski definition) is 6. The van der Waals surface area contributed by atoms with Gasteiger partial charge in [0.15, 0.2) is 6.10 Å². The van der Waals surface area contributed by atoms with Crippen molar-refractivity contribution in [1.29, 1.82) is 0 Å². The summed E-state index contributed by atoms with van der Waals surface area (Å²) in [7, 11) is 0. The van der Waals surface area contributed by atoms with E-state index in [0.29, 0.717) is 19.3 Å². The van der Waals surface area contributed by atoms with E-state index in [4.69, 9.17) is 14.2 Å². The largest absolute Gasteiger partial charge is 0.462 e. The van der Waals surface area contributed by atoms with Crippen LogP contribution in [0.1, 0.15) is 188 Å². The summed E-state index contributed by atoms with van der Waals surface area (Å²) in [6, 6.07) is 0. The minimum atomic E-state index is -0.854. The second-order valence-electron chi connectivity index (χ2n) is 15.8. The van der Waals surface area contributed by atoms with Gasteiger partial charge in [-0.05, 0) is 77.0 Å². The van der Waals surface area contributed by atoms with Gasteiger partial charge in [-0.3, -0.25) is 14.4 Å². The van der Waals surface area contributed by atoms with Crippen LogP contribution in [0, 0.1) is 0 Å². The summed E-state index contributed by atoms with van der Waals surface area (Å²) in [5.41, 5.74) is 0. The predicted octanol–water partition coefficient (Wildman–Crippen LogP) is 16.3. The van der Waals surface area contributed by atoms with Crippen molar-refractivity contribution in [3.05, 3.63) is 134 Å². The molecule has 6 nitrogen and oxygen atoms in total. The van der Waals surface area contributed by atoms with Crippen molar-refractivity contribution < 1.29 is 28.6 Å². The molecule has 0 heterocycles. The average Bonchev–Trinajstić information content (AvgIpc) is 3.28. The molecule has 6 heteroatoms. The van der Waals surface area contributed by atoms with Crippen LogP contribution in [0.25, 0.3) is 0 Å². The fraction of sp³-hybridized carbons (Fsp3) is 0.561. The van der Waals surface area contributed by atoms with Crippen LogP contribution < -0.4 is 0 Å². The molecule has 0 rings (SSSR count). The van der Waals surface area contributed by atoms with Gasteiger partial charge in [-0.2, -0.15) is 0 Å². The maximum atomic E-state index is 12.7. The van der Waals surface area contributed by atoms with Crippen molar-refractivity contribution in [2.24, 2.45) is 0 Å². The van der Waals surface area contributed by atoms with Crippen molar-refractivity contribution in [3.8, 4) is 0 Å². The molecular formula is C57H88O6. The highest BCUT2D eigenvalue weighted by atomic mass is 16.6. The number of unbranched alkanes of at least 4 members (excludes halogenated alkanes) is 15. The molecule has 0 spiro atoms. The number of carbonyl (C=O) groups is 3. The third-order valence-corrected chi connectivity index (χ3v) is 9.83. The Kier molecular flexibility index (Phi) is 46.7. The molecule has 0 aliphatic carbocycles. The quantitative estimate of drug-likeness (QED) is 0.0200. The molecule has 1 atom stereocenters. The van der Waals surface area contributed by atoms with Crippen LogP contribution in [0.3, 0.4) is 0 Å². The number of carbonyl (C=O) groups excluding carboxylic acids is 3. The van der Waals surface area contributed by atoms with E-state index in [2.05, 4.69) is 69.4 Å². The van der Waals surface area contributed by atoms with E-state index in [1.54, 1.807) is 0 Å². The molecule has 0 saturated heterocycles. The van der Waals surface area contributed by atoms with E-state index in [-0.39, 0.29) is 44.4 Å². The zero-order valence-electron chi connectivity index (χ0n) is 40.0. The number of allylic oxidation sites excluding steroid dienone is 22. The normalized spacial score (nSPS) is 13.3. The topological polar surface area (TPSA) is 78.9 Å². The minimum Gasteiger partial charge on any atom is -0.462 e. The second-order valence-corrected chi connectivity index (χ2v) is 15.8. The van der Waals surface area contributed by atoms with Gasteiger partial charge in [0.2, 0.25) is 0 Å². The first kappa shape index (κ1) is 58.6. The van der Waals surface area contributed by atoms with E-state index < -0.39 is 12.1 Å². The predicted molar refractivity (Wildman–Crippen MR) is 269 cm³/mol. The summed E-state index contributed by atoms with van der Waals surface area (Å²) in [6.45, 7) is 6.30. The molecule has 0 saturated carbocycles. The number of rotatable bonds is 42. The third-order valence-electron chi connectivity index (χ3n) is 9.83. The van der Waals surface area contributed by atoms with Crippen molar-refractivity contribution in [1.82, 2.24) is 0 Å². The Bertz CT molecular complexity index is 1420. The number of esters is 3. The van der Waals surface area contributed by atoms with Crippen LogP contribution in [-0.2, 0) is 28.6 Å². The van der Waals surface area contributed by atoms with Gasteiger partial charge in [0.05, 0.1) is 0 Å². The smallest absolute Gasteiger partial charge is 0.306 e. The fourth-order valence-corrected chi connectivity index (χ4v) is 6.12. The summed E-state index contributed by atoms with van der Waals surface area (Å²) in [5, 5.41) is 0. The molecule has 352 valence electrons. The molecule has 0 radical (unpaired) electrons. The van der Waals surface area contributed by atoms with E-state index in [1.165, 1.54) is 77.0 Å². The zero-order valence-corrected chi connectivity index (χ0v) is 40.0. The number of ether oxygens (including phenoxy) is 3. The Morgan fingerprint density at radius 3 is 1.19 bits per heavy atom. The van der Waals surface area contributed by atoms with Crippen LogP contribution in [-0.4, -0.2) is 37.2 Å². The van der Waals surface area contributed by atoms with E-state index in [0.717, 1.165) is 51.4 Å². The molecule has 1 unspecified atom stereocenters. The molecule has 0 aliphatic rings. The fourth-order valence-electron chi connectivity index (χ4n) is 6.12. The Labute approximate surface area is 385 Å². The van der Waals surface area contributed by atoms with Gasteiger partial charge >= 0.3 is 17.9 Å². The SMILES string of the molecule is CC\C=C/C=C\C=C/C=C\C=C\C=C/C=C\CCCCCC(=O)OCC(COC(=O)CC/C=C\C/C=C\CCCCCCCC)OC(=O)CC/C=C\C/C=C\CCCCCCCC. The Morgan fingerprint density at radius 2 is 0.714 bits per heavy atom. The van der Waals surface area contributed by atoms with Gasteiger partial charge in [0.1, 0.15) is 13.2 Å². The van der Waals surface area contributed by atoms with Gasteiger partial charge in [-0.1, -0.05) is 225 Å². The Morgan fingerprint density at radius 1 is 0.349 bits per heavy atom. The summed E-state index contributed by atoms with van der Waals surface area (Å²) < 4.78 is 16.6. The molecule has 0 aromatic carbocycles. The highest BCUT2D eigenvalue weighted by Gasteiger charge is 2.19. The average molecular weight is 869 g/mol. The number of hydrogen-bond donors (Lipinski definition) is 0. The monoisotopic (exact) mass is 869 g/mol. The molecule has 63 heavy (non-hydrogen) atoms. The van der Waals surface area contributed by atoms with Gasteiger partial charge in [0, 0.05) is 19.3 Å². The van der Waals surface area contributed by atoms with Gasteiger partial charge in [-0.25, -0.2) is 0 Å². The van der Waals surface area contributed by atoms with E-state index >= 15 is 0 Å². The van der Waals surface area contributed by atoms with Crippen LogP contribution in [0.4, 0.5) is 0 Å². The van der Waals surface area contributed by atoms with Gasteiger partial charge < -0.3 is 14.2 Å². The lowest BCUT2D eigenvalue weighted by atomic mass is 10.1. The lowest BCUT2D eigenvalue weighted by molar-refractivity contribution is -0.166. The minimum absolute atomic E-state index is 0.146. The first-order valence-electron chi connectivity index (χ1n) is 24.8. The van der Waals surface area contributed by atoms with Gasteiger partial charge in [-0.15, -0.1) is 0 Å². The van der Waals surface area contributed by atoms with Crippen molar-refractivity contribution in [3.63, 3.8) is 0 Å². The summed E-state index contributed by atoms with van der Waals surface area (Å²) in [5.74, 6) is -1.14. The highest BCUT2D eigenvalue weighted by molar-refractivity contribution is 5.71. The Hall–Kier alpha value is -4.45. The molecule has 0 amide bonds. The lowest BCUT2D eigenvalue weighted by Crippen LogP contribution is -2.30. The summed E-state index contributed by atoms with van der Waals surface area (Å²) >= 11 is 0. The molecule has 0 bridgehead atoms. The summed E-state index contributed by atoms with van der Waals surface area (Å²) in [6.07, 6.45) is 70.3. The van der Waals surface area contributed by atoms with Gasteiger partial charge in [0.25, 0.3) is 0 Å².